The molecule has 0 aromatic heterocycles. The second-order valence-corrected chi connectivity index (χ2v) is 7.00. The summed E-state index contributed by atoms with van der Waals surface area (Å²) in [4.78, 5) is 9.41. The van der Waals surface area contributed by atoms with Gasteiger partial charge in [0.05, 0.1) is 0 Å². The molecule has 1 fully saturated rings. The van der Waals surface area contributed by atoms with Gasteiger partial charge in [0.25, 0.3) is 0 Å². The second-order valence-electron chi connectivity index (χ2n) is 7.00. The van der Waals surface area contributed by atoms with Crippen LogP contribution < -0.4 is 11.1 Å². The fraction of sp³-hybridized carbons (Fsp3) is 0.632. The molecule has 1 aliphatic heterocycles. The molecule has 0 bridgehead atoms. The van der Waals surface area contributed by atoms with Crippen molar-refractivity contribution in [2.24, 2.45) is 16.6 Å². The van der Waals surface area contributed by atoms with E-state index in [1.165, 1.54) is 5.56 Å². The van der Waals surface area contributed by atoms with Crippen LogP contribution in [0.5, 0.6) is 0 Å². The summed E-state index contributed by atoms with van der Waals surface area (Å²) < 4.78 is 0. The number of nitrogens with one attached hydrogen (secondary N) is 1. The second kappa shape index (κ2) is 12.5. The lowest BCUT2D eigenvalue weighted by Crippen LogP contribution is -2.46. The first kappa shape index (κ1) is 22.2. The Bertz CT molecular complexity index is 484. The molecular formula is C19H34IN5. The van der Waals surface area contributed by atoms with Crippen LogP contribution in [-0.2, 0) is 6.54 Å². The van der Waals surface area contributed by atoms with Crippen LogP contribution in [0.25, 0.3) is 0 Å². The minimum Gasteiger partial charge on any atom is -0.370 e. The van der Waals surface area contributed by atoms with Gasteiger partial charge in [0.2, 0.25) is 0 Å². The van der Waals surface area contributed by atoms with E-state index in [9.17, 15) is 0 Å². The Morgan fingerprint density at radius 2 is 1.76 bits per heavy atom. The van der Waals surface area contributed by atoms with Crippen LogP contribution in [0.3, 0.4) is 0 Å². The molecule has 1 aliphatic rings. The smallest absolute Gasteiger partial charge is 0.188 e. The lowest BCUT2D eigenvalue weighted by Gasteiger charge is -2.34. The highest BCUT2D eigenvalue weighted by Crippen LogP contribution is 2.08. The summed E-state index contributed by atoms with van der Waals surface area (Å²) in [5, 5.41) is 3.21. The maximum absolute atomic E-state index is 5.85. The van der Waals surface area contributed by atoms with E-state index in [1.54, 1.807) is 0 Å². The van der Waals surface area contributed by atoms with Gasteiger partial charge in [-0.2, -0.15) is 0 Å². The minimum atomic E-state index is 0. The van der Waals surface area contributed by atoms with Crippen molar-refractivity contribution in [3.05, 3.63) is 35.9 Å². The number of nitrogens with zero attached hydrogens (tertiary/aromatic N) is 3. The summed E-state index contributed by atoms with van der Waals surface area (Å²) in [6.07, 6.45) is 1.11. The topological polar surface area (TPSA) is 56.9 Å². The first-order valence-electron chi connectivity index (χ1n) is 9.16. The van der Waals surface area contributed by atoms with Crippen LogP contribution in [0.4, 0.5) is 0 Å². The van der Waals surface area contributed by atoms with Gasteiger partial charge in [-0.3, -0.25) is 9.89 Å². The molecule has 6 heteroatoms. The van der Waals surface area contributed by atoms with Crippen LogP contribution >= 0.6 is 24.0 Å². The number of hydrogen-bond donors (Lipinski definition) is 2. The number of aliphatic imine (C=N–C) groups is 1. The van der Waals surface area contributed by atoms with Crippen molar-refractivity contribution in [3.8, 4) is 0 Å². The molecule has 0 atom stereocenters. The highest BCUT2D eigenvalue weighted by Gasteiger charge is 2.16. The Labute approximate surface area is 170 Å². The third kappa shape index (κ3) is 9.42. The monoisotopic (exact) mass is 459 g/mol. The van der Waals surface area contributed by atoms with E-state index in [4.69, 9.17) is 5.73 Å². The first-order chi connectivity index (χ1) is 11.6. The normalized spacial score (nSPS) is 16.7. The van der Waals surface area contributed by atoms with Crippen LogP contribution in [0.2, 0.25) is 0 Å². The van der Waals surface area contributed by atoms with Crippen molar-refractivity contribution in [3.63, 3.8) is 0 Å². The first-order valence-corrected chi connectivity index (χ1v) is 9.16. The molecule has 0 amide bonds. The average molecular weight is 459 g/mol. The maximum Gasteiger partial charge on any atom is 0.188 e. The summed E-state index contributed by atoms with van der Waals surface area (Å²) in [5.41, 5.74) is 7.26. The molecule has 1 saturated heterocycles. The van der Waals surface area contributed by atoms with Crippen LogP contribution in [0.15, 0.2) is 35.3 Å². The third-order valence-electron chi connectivity index (χ3n) is 4.30. The summed E-state index contributed by atoms with van der Waals surface area (Å²) in [6.45, 7) is 12.8. The van der Waals surface area contributed by atoms with Crippen LogP contribution in [-0.4, -0.2) is 61.6 Å². The minimum absolute atomic E-state index is 0. The van der Waals surface area contributed by atoms with Crippen LogP contribution in [0.1, 0.15) is 25.8 Å². The molecule has 0 aliphatic carbocycles. The van der Waals surface area contributed by atoms with E-state index in [1.807, 2.05) is 0 Å². The van der Waals surface area contributed by atoms with Gasteiger partial charge in [-0.05, 0) is 24.4 Å². The van der Waals surface area contributed by atoms with Gasteiger partial charge in [0.1, 0.15) is 0 Å². The number of halogens is 1. The van der Waals surface area contributed by atoms with E-state index in [-0.39, 0.29) is 24.0 Å². The summed E-state index contributed by atoms with van der Waals surface area (Å²) in [6, 6.07) is 10.7. The zero-order valence-electron chi connectivity index (χ0n) is 15.7. The van der Waals surface area contributed by atoms with Crippen molar-refractivity contribution in [2.75, 3.05) is 45.8 Å². The average Bonchev–Trinajstić information content (AvgIpc) is 2.59. The standard InChI is InChI=1S/C19H33N5.HI/c1-17(2)15-22-19(20)21-9-6-10-23-11-13-24(14-12-23)16-18-7-4-3-5-8-18;/h3-5,7-8,17H,6,9-16H2,1-2H3,(H3,20,21,22);1H. The van der Waals surface area contributed by atoms with E-state index in [0.29, 0.717) is 11.9 Å². The van der Waals surface area contributed by atoms with Gasteiger partial charge in [0, 0.05) is 45.8 Å². The predicted octanol–water partition coefficient (Wildman–Crippen LogP) is 2.37. The Kier molecular flexibility index (Phi) is 11.1. The third-order valence-corrected chi connectivity index (χ3v) is 4.30. The molecule has 0 spiro atoms. The highest BCUT2D eigenvalue weighted by molar-refractivity contribution is 14.0. The molecule has 0 radical (unpaired) electrons. The Morgan fingerprint density at radius 1 is 1.12 bits per heavy atom. The summed E-state index contributed by atoms with van der Waals surface area (Å²) in [5.74, 6) is 1.13. The van der Waals surface area contributed by atoms with Crippen LogP contribution in [0, 0.1) is 5.92 Å². The van der Waals surface area contributed by atoms with Gasteiger partial charge in [-0.1, -0.05) is 44.2 Å². The molecule has 1 heterocycles. The zero-order valence-corrected chi connectivity index (χ0v) is 18.0. The molecule has 0 saturated carbocycles. The van der Waals surface area contributed by atoms with E-state index in [2.05, 4.69) is 64.3 Å². The van der Waals surface area contributed by atoms with E-state index < -0.39 is 0 Å². The fourth-order valence-electron chi connectivity index (χ4n) is 2.87. The quantitative estimate of drug-likeness (QED) is 0.271. The van der Waals surface area contributed by atoms with E-state index in [0.717, 1.165) is 58.8 Å². The van der Waals surface area contributed by atoms with Crippen molar-refractivity contribution in [2.45, 2.75) is 26.8 Å². The molecule has 1 aromatic carbocycles. The molecule has 5 nitrogen and oxygen atoms in total. The number of benzene rings is 1. The number of nitrogens with two attached hydrogens (primary N) is 1. The van der Waals surface area contributed by atoms with Gasteiger partial charge in [-0.15, -0.1) is 24.0 Å². The lowest BCUT2D eigenvalue weighted by molar-refractivity contribution is 0.126. The number of rotatable bonds is 8. The fourth-order valence-corrected chi connectivity index (χ4v) is 2.87. The lowest BCUT2D eigenvalue weighted by atomic mass is 10.2. The van der Waals surface area contributed by atoms with Gasteiger partial charge in [-0.25, -0.2) is 0 Å². The molecular weight excluding hydrogens is 425 g/mol. The van der Waals surface area contributed by atoms with Crippen molar-refractivity contribution in [1.29, 1.82) is 0 Å². The summed E-state index contributed by atoms with van der Waals surface area (Å²) >= 11 is 0. The number of hydrogen-bond acceptors (Lipinski definition) is 3. The highest BCUT2D eigenvalue weighted by atomic mass is 127. The zero-order chi connectivity index (χ0) is 17.2. The molecule has 2 rings (SSSR count). The van der Waals surface area contributed by atoms with E-state index >= 15 is 0 Å². The Morgan fingerprint density at radius 3 is 2.40 bits per heavy atom. The largest absolute Gasteiger partial charge is 0.370 e. The van der Waals surface area contributed by atoms with Crippen molar-refractivity contribution < 1.29 is 0 Å². The molecule has 1 aromatic rings. The Hall–Kier alpha value is -0.860. The molecule has 142 valence electrons. The molecule has 25 heavy (non-hydrogen) atoms. The molecule has 0 unspecified atom stereocenters. The van der Waals surface area contributed by atoms with Gasteiger partial charge in [0.15, 0.2) is 5.96 Å². The van der Waals surface area contributed by atoms with Gasteiger partial charge >= 0.3 is 0 Å². The summed E-state index contributed by atoms with van der Waals surface area (Å²) in [7, 11) is 0. The van der Waals surface area contributed by atoms with Crippen molar-refractivity contribution in [1.82, 2.24) is 15.1 Å². The number of piperazine rings is 1. The van der Waals surface area contributed by atoms with Crippen molar-refractivity contribution >= 4 is 29.9 Å². The maximum atomic E-state index is 5.85. The number of guanidine groups is 1. The Balaban J connectivity index is 0.00000312. The molecule has 3 N–H and O–H groups in total. The predicted molar refractivity (Wildman–Crippen MR) is 118 cm³/mol. The SMILES string of the molecule is CC(C)CN=C(N)NCCCN1CCN(Cc2ccccc2)CC1.I. The van der Waals surface area contributed by atoms with Gasteiger partial charge < -0.3 is 16.0 Å².